The molecule has 0 aromatic heterocycles. The number of carbonyl (C=O) groups is 1. The number of rotatable bonds is 3. The number of esters is 1. The molecule has 0 aliphatic rings. The zero-order chi connectivity index (χ0) is 13.2. The predicted molar refractivity (Wildman–Crippen MR) is 59.0 cm³/mol. The van der Waals surface area contributed by atoms with E-state index in [1.807, 2.05) is 0 Å². The molecule has 0 amide bonds. The first kappa shape index (κ1) is 13.6. The van der Waals surface area contributed by atoms with Crippen LogP contribution in [-0.2, 0) is 13.8 Å². The van der Waals surface area contributed by atoms with Crippen molar-refractivity contribution in [1.29, 1.82) is 0 Å². The van der Waals surface area contributed by atoms with E-state index in [0.717, 1.165) is 19.2 Å². The molecule has 8 heteroatoms. The summed E-state index contributed by atoms with van der Waals surface area (Å²) in [4.78, 5) is 10.8. The summed E-state index contributed by atoms with van der Waals surface area (Å²) >= 11 is 0. The normalized spacial score (nSPS) is 11.0. The number of ether oxygens (including phenoxy) is 2. The number of benzene rings is 1. The highest BCUT2D eigenvalue weighted by Crippen LogP contribution is 2.33. The summed E-state index contributed by atoms with van der Waals surface area (Å²) in [7, 11) is 3.38. The van der Waals surface area contributed by atoms with Gasteiger partial charge in [0.15, 0.2) is 0 Å². The second-order valence-electron chi connectivity index (χ2n) is 2.95. The molecule has 0 saturated carbocycles. The van der Waals surface area contributed by atoms with Crippen LogP contribution in [0.2, 0.25) is 0 Å². The van der Waals surface area contributed by atoms with E-state index < -0.39 is 25.7 Å². The van der Waals surface area contributed by atoms with Gasteiger partial charge >= 0.3 is 5.97 Å². The minimum Gasteiger partial charge on any atom is -0.507 e. The Morgan fingerprint density at radius 3 is 2.35 bits per heavy atom. The molecular formula is C9H9ClO6S. The van der Waals surface area contributed by atoms with Crippen molar-refractivity contribution in [3.8, 4) is 11.5 Å². The van der Waals surface area contributed by atoms with Gasteiger partial charge in [-0.15, -0.1) is 0 Å². The van der Waals surface area contributed by atoms with Gasteiger partial charge in [0.25, 0.3) is 9.05 Å². The molecular weight excluding hydrogens is 272 g/mol. The van der Waals surface area contributed by atoms with Crippen molar-refractivity contribution >= 4 is 25.7 Å². The van der Waals surface area contributed by atoms with Gasteiger partial charge in [-0.25, -0.2) is 13.2 Å². The highest BCUT2D eigenvalue weighted by atomic mass is 35.7. The molecule has 0 saturated heterocycles. The van der Waals surface area contributed by atoms with Crippen LogP contribution in [0.25, 0.3) is 0 Å². The Hall–Kier alpha value is -1.47. The summed E-state index contributed by atoms with van der Waals surface area (Å²) < 4.78 is 31.6. The van der Waals surface area contributed by atoms with Crippen LogP contribution in [0.5, 0.6) is 11.5 Å². The van der Waals surface area contributed by atoms with Gasteiger partial charge in [-0.05, 0) is 6.07 Å². The maximum Gasteiger partial charge on any atom is 0.341 e. The van der Waals surface area contributed by atoms with E-state index in [1.165, 1.54) is 7.11 Å². The van der Waals surface area contributed by atoms with Crippen LogP contribution < -0.4 is 4.74 Å². The molecule has 1 N–H and O–H groups in total. The molecule has 1 aromatic rings. The molecule has 0 bridgehead atoms. The van der Waals surface area contributed by atoms with Gasteiger partial charge in [-0.3, -0.25) is 0 Å². The highest BCUT2D eigenvalue weighted by Gasteiger charge is 2.23. The molecule has 17 heavy (non-hydrogen) atoms. The van der Waals surface area contributed by atoms with Gasteiger partial charge in [-0.1, -0.05) is 0 Å². The molecule has 0 aliphatic carbocycles. The summed E-state index contributed by atoms with van der Waals surface area (Å²) in [5.41, 5.74) is -0.312. The molecule has 1 rings (SSSR count). The van der Waals surface area contributed by atoms with Crippen LogP contribution in [0.15, 0.2) is 17.0 Å². The van der Waals surface area contributed by atoms with Gasteiger partial charge in [0.2, 0.25) is 0 Å². The molecule has 0 radical (unpaired) electrons. The monoisotopic (exact) mass is 280 g/mol. The number of hydrogen-bond acceptors (Lipinski definition) is 6. The summed E-state index contributed by atoms with van der Waals surface area (Å²) in [6.45, 7) is 0. The van der Waals surface area contributed by atoms with Gasteiger partial charge in [0.05, 0.1) is 14.2 Å². The number of methoxy groups -OCH3 is 2. The molecule has 0 aliphatic heterocycles. The molecule has 0 unspecified atom stereocenters. The predicted octanol–water partition coefficient (Wildman–Crippen LogP) is 1.11. The largest absolute Gasteiger partial charge is 0.507 e. The lowest BCUT2D eigenvalue weighted by Crippen LogP contribution is -2.05. The van der Waals surface area contributed by atoms with Gasteiger partial charge in [0, 0.05) is 16.7 Å². The van der Waals surface area contributed by atoms with Crippen LogP contribution in [-0.4, -0.2) is 33.7 Å². The quantitative estimate of drug-likeness (QED) is 0.659. The van der Waals surface area contributed by atoms with Crippen LogP contribution in [0, 0.1) is 0 Å². The minimum atomic E-state index is -4.10. The fourth-order valence-corrected chi connectivity index (χ4v) is 2.18. The zero-order valence-corrected chi connectivity index (χ0v) is 10.5. The number of hydrogen-bond donors (Lipinski definition) is 1. The number of carbonyl (C=O) groups excluding carboxylic acids is 1. The topological polar surface area (TPSA) is 89.9 Å². The minimum absolute atomic E-state index is 0.162. The smallest absolute Gasteiger partial charge is 0.341 e. The Morgan fingerprint density at radius 1 is 1.35 bits per heavy atom. The lowest BCUT2D eigenvalue weighted by molar-refractivity contribution is 0.0597. The molecule has 0 spiro atoms. The first-order valence-corrected chi connectivity index (χ1v) is 6.56. The number of aromatic hydroxyl groups is 1. The Bertz CT molecular complexity index is 551. The third kappa shape index (κ3) is 2.80. The Balaban J connectivity index is 3.54. The SMILES string of the molecule is COC(=O)c1cc(S(=O)(=O)Cl)c(OC)cc1O. The fourth-order valence-electron chi connectivity index (χ4n) is 1.17. The summed E-state index contributed by atoms with van der Waals surface area (Å²) in [6, 6.07) is 1.86. The van der Waals surface area contributed by atoms with Crippen molar-refractivity contribution < 1.29 is 27.8 Å². The molecule has 0 atom stereocenters. The molecule has 0 fully saturated rings. The Morgan fingerprint density at radius 2 is 1.94 bits per heavy atom. The fraction of sp³-hybridized carbons (Fsp3) is 0.222. The zero-order valence-electron chi connectivity index (χ0n) is 8.93. The van der Waals surface area contributed by atoms with E-state index in [4.69, 9.17) is 15.4 Å². The van der Waals surface area contributed by atoms with Crippen molar-refractivity contribution in [3.05, 3.63) is 17.7 Å². The first-order chi connectivity index (χ1) is 7.81. The average Bonchev–Trinajstić information content (AvgIpc) is 2.25. The van der Waals surface area contributed by atoms with Crippen molar-refractivity contribution in [2.24, 2.45) is 0 Å². The number of phenolic OH excluding ortho intramolecular Hbond substituents is 1. The van der Waals surface area contributed by atoms with E-state index in [-0.39, 0.29) is 11.3 Å². The number of halogens is 1. The van der Waals surface area contributed by atoms with E-state index in [0.29, 0.717) is 0 Å². The molecule has 94 valence electrons. The van der Waals surface area contributed by atoms with Crippen LogP contribution >= 0.6 is 10.7 Å². The van der Waals surface area contributed by atoms with E-state index in [9.17, 15) is 18.3 Å². The van der Waals surface area contributed by atoms with E-state index in [1.54, 1.807) is 0 Å². The third-order valence-corrected chi connectivity index (χ3v) is 3.29. The van der Waals surface area contributed by atoms with Crippen LogP contribution in [0.4, 0.5) is 0 Å². The third-order valence-electron chi connectivity index (χ3n) is 1.95. The van der Waals surface area contributed by atoms with E-state index >= 15 is 0 Å². The van der Waals surface area contributed by atoms with Gasteiger partial charge in [-0.2, -0.15) is 0 Å². The maximum absolute atomic E-state index is 11.3. The number of phenols is 1. The van der Waals surface area contributed by atoms with Crippen LogP contribution in [0.1, 0.15) is 10.4 Å². The second-order valence-corrected chi connectivity index (χ2v) is 5.48. The van der Waals surface area contributed by atoms with Crippen molar-refractivity contribution in [2.45, 2.75) is 4.90 Å². The highest BCUT2D eigenvalue weighted by molar-refractivity contribution is 8.13. The standard InChI is InChI=1S/C9H9ClO6S/c1-15-7-4-6(11)5(9(12)16-2)3-8(7)17(10,13)14/h3-4,11H,1-2H3. The lowest BCUT2D eigenvalue weighted by atomic mass is 10.2. The molecule has 0 heterocycles. The summed E-state index contributed by atoms with van der Waals surface area (Å²) in [5, 5.41) is 9.50. The van der Waals surface area contributed by atoms with Crippen molar-refractivity contribution in [1.82, 2.24) is 0 Å². The van der Waals surface area contributed by atoms with Crippen LogP contribution in [0.3, 0.4) is 0 Å². The molecule has 1 aromatic carbocycles. The maximum atomic E-state index is 11.3. The summed E-state index contributed by atoms with van der Waals surface area (Å²) in [5.74, 6) is -1.50. The van der Waals surface area contributed by atoms with E-state index in [2.05, 4.69) is 4.74 Å². The van der Waals surface area contributed by atoms with Crippen molar-refractivity contribution in [2.75, 3.05) is 14.2 Å². The molecule has 6 nitrogen and oxygen atoms in total. The lowest BCUT2D eigenvalue weighted by Gasteiger charge is -2.09. The van der Waals surface area contributed by atoms with Gasteiger partial charge < -0.3 is 14.6 Å². The summed E-state index contributed by atoms with van der Waals surface area (Å²) in [6.07, 6.45) is 0. The van der Waals surface area contributed by atoms with Gasteiger partial charge in [0.1, 0.15) is 22.0 Å². The van der Waals surface area contributed by atoms with Crippen molar-refractivity contribution in [3.63, 3.8) is 0 Å². The first-order valence-electron chi connectivity index (χ1n) is 4.25. The Kier molecular flexibility index (Phi) is 3.84. The Labute approximate surface area is 102 Å². The average molecular weight is 281 g/mol. The second kappa shape index (κ2) is 4.80.